The summed E-state index contributed by atoms with van der Waals surface area (Å²) in [5, 5.41) is 11.3. The van der Waals surface area contributed by atoms with Gasteiger partial charge in [0.15, 0.2) is 0 Å². The van der Waals surface area contributed by atoms with Gasteiger partial charge in [-0.15, -0.1) is 0 Å². The molecule has 0 aliphatic heterocycles. The fourth-order valence-electron chi connectivity index (χ4n) is 1.96. The van der Waals surface area contributed by atoms with Gasteiger partial charge in [0, 0.05) is 13.2 Å². The van der Waals surface area contributed by atoms with Gasteiger partial charge in [-0.25, -0.2) is 12.8 Å². The molecular formula is C16H17FN2O4S. The van der Waals surface area contributed by atoms with Gasteiger partial charge in [0.05, 0.1) is 16.1 Å². The van der Waals surface area contributed by atoms with E-state index in [1.54, 1.807) is 12.1 Å². The second kappa shape index (κ2) is 7.89. The summed E-state index contributed by atoms with van der Waals surface area (Å²) in [5.41, 5.74) is 0.268. The van der Waals surface area contributed by atoms with E-state index in [4.69, 9.17) is 5.11 Å². The quantitative estimate of drug-likeness (QED) is 0.662. The minimum Gasteiger partial charge on any atom is -0.396 e. The normalized spacial score (nSPS) is 11.1. The Labute approximate surface area is 139 Å². The number of carbonyl (C=O) groups is 1. The zero-order valence-electron chi connectivity index (χ0n) is 12.7. The van der Waals surface area contributed by atoms with Crippen molar-refractivity contribution in [1.29, 1.82) is 0 Å². The summed E-state index contributed by atoms with van der Waals surface area (Å²) in [7, 11) is -3.95. The van der Waals surface area contributed by atoms with Gasteiger partial charge in [-0.05, 0) is 42.8 Å². The zero-order valence-corrected chi connectivity index (χ0v) is 13.5. The number of aliphatic hydroxyl groups excluding tert-OH is 1. The maximum absolute atomic E-state index is 12.9. The predicted octanol–water partition coefficient (Wildman–Crippen LogP) is 1.74. The second-order valence-electron chi connectivity index (χ2n) is 4.94. The molecule has 0 aliphatic carbocycles. The van der Waals surface area contributed by atoms with Gasteiger partial charge < -0.3 is 10.4 Å². The van der Waals surface area contributed by atoms with Crippen LogP contribution in [0.1, 0.15) is 16.8 Å². The third-order valence-electron chi connectivity index (χ3n) is 3.16. The second-order valence-corrected chi connectivity index (χ2v) is 6.62. The van der Waals surface area contributed by atoms with Crippen molar-refractivity contribution in [2.24, 2.45) is 0 Å². The maximum Gasteiger partial charge on any atom is 0.261 e. The van der Waals surface area contributed by atoms with Crippen LogP contribution in [0.15, 0.2) is 53.4 Å². The Hall–Kier alpha value is -2.45. The molecule has 8 heteroatoms. The van der Waals surface area contributed by atoms with Crippen LogP contribution in [0.5, 0.6) is 0 Å². The first-order valence-electron chi connectivity index (χ1n) is 7.20. The van der Waals surface area contributed by atoms with Crippen LogP contribution in [0.25, 0.3) is 0 Å². The molecule has 1 amide bonds. The zero-order chi connectivity index (χ0) is 17.6. The molecule has 0 spiro atoms. The van der Waals surface area contributed by atoms with Crippen molar-refractivity contribution in [2.75, 3.05) is 17.9 Å². The molecular weight excluding hydrogens is 335 g/mol. The Morgan fingerprint density at radius 2 is 1.75 bits per heavy atom. The molecule has 0 fully saturated rings. The molecule has 2 rings (SSSR count). The Morgan fingerprint density at radius 1 is 1.08 bits per heavy atom. The SMILES string of the molecule is O=C(NCCCO)c1ccccc1NS(=O)(=O)c1ccc(F)cc1. The molecule has 0 unspecified atom stereocenters. The number of nitrogens with one attached hydrogen (secondary N) is 2. The van der Waals surface area contributed by atoms with Gasteiger partial charge in [0.2, 0.25) is 0 Å². The number of carbonyl (C=O) groups excluding carboxylic acids is 1. The number of hydrogen-bond acceptors (Lipinski definition) is 4. The molecule has 0 aliphatic rings. The number of hydrogen-bond donors (Lipinski definition) is 3. The van der Waals surface area contributed by atoms with E-state index in [1.165, 1.54) is 12.1 Å². The average Bonchev–Trinajstić information content (AvgIpc) is 2.55. The summed E-state index contributed by atoms with van der Waals surface area (Å²) < 4.78 is 40.0. The molecule has 24 heavy (non-hydrogen) atoms. The third-order valence-corrected chi connectivity index (χ3v) is 4.54. The molecule has 2 aromatic carbocycles. The van der Waals surface area contributed by atoms with Crippen LogP contribution in [-0.2, 0) is 10.0 Å². The largest absolute Gasteiger partial charge is 0.396 e. The average molecular weight is 352 g/mol. The van der Waals surface area contributed by atoms with E-state index >= 15 is 0 Å². The molecule has 128 valence electrons. The number of sulfonamides is 1. The number of aliphatic hydroxyl groups is 1. The minimum absolute atomic E-state index is 0.0564. The number of halogens is 1. The molecule has 0 heterocycles. The fraction of sp³-hybridized carbons (Fsp3) is 0.188. The number of para-hydroxylation sites is 1. The number of anilines is 1. The third kappa shape index (κ3) is 4.53. The van der Waals surface area contributed by atoms with Gasteiger partial charge in [0.25, 0.3) is 15.9 Å². The molecule has 0 atom stereocenters. The van der Waals surface area contributed by atoms with Crippen molar-refractivity contribution in [3.8, 4) is 0 Å². The lowest BCUT2D eigenvalue weighted by Gasteiger charge is -2.12. The van der Waals surface area contributed by atoms with Crippen LogP contribution >= 0.6 is 0 Å². The molecule has 2 aromatic rings. The monoisotopic (exact) mass is 352 g/mol. The molecule has 6 nitrogen and oxygen atoms in total. The van der Waals surface area contributed by atoms with Crippen molar-refractivity contribution < 1.29 is 22.7 Å². The van der Waals surface area contributed by atoms with E-state index in [0.717, 1.165) is 24.3 Å². The van der Waals surface area contributed by atoms with Crippen LogP contribution in [0.3, 0.4) is 0 Å². The number of benzene rings is 2. The van der Waals surface area contributed by atoms with Crippen molar-refractivity contribution in [1.82, 2.24) is 5.32 Å². The van der Waals surface area contributed by atoms with Crippen LogP contribution in [0.4, 0.5) is 10.1 Å². The van der Waals surface area contributed by atoms with Gasteiger partial charge in [-0.1, -0.05) is 12.1 Å². The Kier molecular flexibility index (Phi) is 5.88. The van der Waals surface area contributed by atoms with E-state index in [2.05, 4.69) is 10.0 Å². The number of amides is 1. The van der Waals surface area contributed by atoms with E-state index in [-0.39, 0.29) is 29.3 Å². The van der Waals surface area contributed by atoms with Gasteiger partial charge >= 0.3 is 0 Å². The van der Waals surface area contributed by atoms with Crippen LogP contribution in [0, 0.1) is 5.82 Å². The van der Waals surface area contributed by atoms with Crippen LogP contribution in [-0.4, -0.2) is 32.6 Å². The molecule has 0 radical (unpaired) electrons. The van der Waals surface area contributed by atoms with Crippen LogP contribution < -0.4 is 10.0 Å². The first-order valence-corrected chi connectivity index (χ1v) is 8.69. The molecule has 0 aromatic heterocycles. The topological polar surface area (TPSA) is 95.5 Å². The highest BCUT2D eigenvalue weighted by Crippen LogP contribution is 2.20. The van der Waals surface area contributed by atoms with Crippen LogP contribution in [0.2, 0.25) is 0 Å². The number of rotatable bonds is 7. The van der Waals surface area contributed by atoms with Crippen molar-refractivity contribution in [3.63, 3.8) is 0 Å². The Bertz CT molecular complexity index is 807. The van der Waals surface area contributed by atoms with Crippen molar-refractivity contribution in [3.05, 3.63) is 59.9 Å². The van der Waals surface area contributed by atoms with Gasteiger partial charge in [-0.3, -0.25) is 9.52 Å². The van der Waals surface area contributed by atoms with Gasteiger partial charge in [-0.2, -0.15) is 0 Å². The Morgan fingerprint density at radius 3 is 2.42 bits per heavy atom. The fourth-order valence-corrected chi connectivity index (χ4v) is 3.04. The van der Waals surface area contributed by atoms with Crippen molar-refractivity contribution in [2.45, 2.75) is 11.3 Å². The lowest BCUT2D eigenvalue weighted by molar-refractivity contribution is 0.0952. The minimum atomic E-state index is -3.95. The maximum atomic E-state index is 12.9. The van der Waals surface area contributed by atoms with E-state index < -0.39 is 21.7 Å². The molecule has 0 bridgehead atoms. The summed E-state index contributed by atoms with van der Waals surface area (Å²) in [6.07, 6.45) is 0.398. The van der Waals surface area contributed by atoms with Crippen molar-refractivity contribution >= 4 is 21.6 Å². The van der Waals surface area contributed by atoms with E-state index in [0.29, 0.717) is 6.42 Å². The summed E-state index contributed by atoms with van der Waals surface area (Å²) in [5.74, 6) is -1.00. The van der Waals surface area contributed by atoms with E-state index in [9.17, 15) is 17.6 Å². The highest BCUT2D eigenvalue weighted by Gasteiger charge is 2.18. The predicted molar refractivity (Wildman–Crippen MR) is 87.7 cm³/mol. The standard InChI is InChI=1S/C16H17FN2O4S/c17-12-6-8-13(9-7-12)24(22,23)19-15-5-2-1-4-14(15)16(21)18-10-3-11-20/h1-2,4-9,19-20H,3,10-11H2,(H,18,21). The highest BCUT2D eigenvalue weighted by molar-refractivity contribution is 7.92. The first-order chi connectivity index (χ1) is 11.4. The summed E-state index contributed by atoms with van der Waals surface area (Å²) in [6.45, 7) is 0.216. The lowest BCUT2D eigenvalue weighted by atomic mass is 10.1. The highest BCUT2D eigenvalue weighted by atomic mass is 32.2. The molecule has 3 N–H and O–H groups in total. The van der Waals surface area contributed by atoms with E-state index in [1.807, 2.05) is 0 Å². The molecule has 0 saturated heterocycles. The smallest absolute Gasteiger partial charge is 0.261 e. The van der Waals surface area contributed by atoms with Gasteiger partial charge in [0.1, 0.15) is 5.82 Å². The Balaban J connectivity index is 2.23. The lowest BCUT2D eigenvalue weighted by Crippen LogP contribution is -2.26. The first kappa shape index (κ1) is 17.9. The summed E-state index contributed by atoms with van der Waals surface area (Å²) in [4.78, 5) is 12.0. The summed E-state index contributed by atoms with van der Waals surface area (Å²) in [6, 6.07) is 10.5. The summed E-state index contributed by atoms with van der Waals surface area (Å²) >= 11 is 0. The molecule has 0 saturated carbocycles.